The van der Waals surface area contributed by atoms with E-state index in [0.29, 0.717) is 11.3 Å². The van der Waals surface area contributed by atoms with Gasteiger partial charge in [-0.1, -0.05) is 18.2 Å². The van der Waals surface area contributed by atoms with Gasteiger partial charge in [0.1, 0.15) is 17.0 Å². The second-order valence-electron chi connectivity index (χ2n) is 5.94. The summed E-state index contributed by atoms with van der Waals surface area (Å²) in [4.78, 5) is 28.2. The maximum absolute atomic E-state index is 12.9. The second-order valence-corrected chi connectivity index (χ2v) is 5.94. The number of phenols is 1. The summed E-state index contributed by atoms with van der Waals surface area (Å²) in [6.45, 7) is 3.57. The van der Waals surface area contributed by atoms with Crippen LogP contribution in [0.4, 0.5) is 5.69 Å². The summed E-state index contributed by atoms with van der Waals surface area (Å²) in [6, 6.07) is 10.8. The molecular weight excluding hydrogens is 338 g/mol. The molecule has 26 heavy (non-hydrogen) atoms. The molecule has 0 spiro atoms. The molecule has 0 saturated carbocycles. The number of carbonyl (C=O) groups is 2. The van der Waals surface area contributed by atoms with Gasteiger partial charge in [0, 0.05) is 0 Å². The van der Waals surface area contributed by atoms with Crippen LogP contribution in [0.25, 0.3) is 0 Å². The number of aliphatic imine (C=N–C) groups is 1. The number of Topliss-reactive ketones (excluding diaryl/α,β-unsaturated/α-hetero) is 1. The summed E-state index contributed by atoms with van der Waals surface area (Å²) < 4.78 is 11.4. The van der Waals surface area contributed by atoms with Crippen molar-refractivity contribution < 1.29 is 29.3 Å². The lowest BCUT2D eigenvalue weighted by Crippen LogP contribution is -2.41. The minimum atomic E-state index is -1.30. The number of nitrogens with zero attached hydrogens (tertiary/aromatic N) is 1. The van der Waals surface area contributed by atoms with Gasteiger partial charge < -0.3 is 19.7 Å². The van der Waals surface area contributed by atoms with E-state index in [0.717, 1.165) is 0 Å². The van der Waals surface area contributed by atoms with Crippen LogP contribution in [0.2, 0.25) is 0 Å². The highest BCUT2D eigenvalue weighted by molar-refractivity contribution is 6.49. The Morgan fingerprint density at radius 1 is 1.19 bits per heavy atom. The number of hydrogen-bond acceptors (Lipinski definition) is 6. The zero-order valence-electron chi connectivity index (χ0n) is 14.2. The van der Waals surface area contributed by atoms with Crippen LogP contribution in [0.1, 0.15) is 34.6 Å². The standard InChI is InChI=1S/C19H17NO6/c1-10(2)25-19-15(17(22)11-6-3-4-9-14(11)26-19)20-13-8-5-7-12(16(13)21)18(23)24/h3-10,19,21H,1-2H3,(H,23,24). The lowest BCUT2D eigenvalue weighted by atomic mass is 10.0. The first-order valence-corrected chi connectivity index (χ1v) is 7.98. The maximum atomic E-state index is 12.9. The molecule has 1 heterocycles. The van der Waals surface area contributed by atoms with E-state index in [4.69, 9.17) is 14.6 Å². The number of hydrogen-bond donors (Lipinski definition) is 2. The topological polar surface area (TPSA) is 105 Å². The molecule has 3 rings (SSSR count). The predicted molar refractivity (Wildman–Crippen MR) is 93.6 cm³/mol. The molecule has 0 bridgehead atoms. The lowest BCUT2D eigenvalue weighted by Gasteiger charge is -2.27. The third-order valence-electron chi connectivity index (χ3n) is 3.70. The van der Waals surface area contributed by atoms with Crippen molar-refractivity contribution >= 4 is 23.2 Å². The summed E-state index contributed by atoms with van der Waals surface area (Å²) >= 11 is 0. The first-order valence-electron chi connectivity index (χ1n) is 7.98. The van der Waals surface area contributed by atoms with Crippen molar-refractivity contribution in [1.29, 1.82) is 0 Å². The summed E-state index contributed by atoms with van der Waals surface area (Å²) in [5.41, 5.74) is -0.0923. The summed E-state index contributed by atoms with van der Waals surface area (Å²) in [5.74, 6) is -1.85. The maximum Gasteiger partial charge on any atom is 0.339 e. The van der Waals surface area contributed by atoms with Gasteiger partial charge in [0.25, 0.3) is 0 Å². The number of ketones is 1. The molecule has 1 atom stereocenters. The monoisotopic (exact) mass is 355 g/mol. The van der Waals surface area contributed by atoms with Crippen LogP contribution >= 0.6 is 0 Å². The highest BCUT2D eigenvalue weighted by atomic mass is 16.7. The minimum Gasteiger partial charge on any atom is -0.505 e. The molecule has 0 saturated heterocycles. The molecule has 0 aliphatic carbocycles. The molecule has 7 nitrogen and oxygen atoms in total. The molecule has 2 aromatic carbocycles. The molecule has 2 N–H and O–H groups in total. The number of aromatic carboxylic acids is 1. The Labute approximate surface area is 149 Å². The van der Waals surface area contributed by atoms with Crippen molar-refractivity contribution in [3.8, 4) is 11.5 Å². The molecule has 1 unspecified atom stereocenters. The predicted octanol–water partition coefficient (Wildman–Crippen LogP) is 3.19. The Kier molecular flexibility index (Phi) is 4.73. The minimum absolute atomic E-state index is 0.0476. The van der Waals surface area contributed by atoms with Crippen LogP contribution in [-0.4, -0.2) is 40.1 Å². The van der Waals surface area contributed by atoms with Gasteiger partial charge >= 0.3 is 5.97 Å². The number of benzene rings is 2. The van der Waals surface area contributed by atoms with Gasteiger partial charge in [-0.05, 0) is 38.1 Å². The fourth-order valence-electron chi connectivity index (χ4n) is 2.54. The quantitative estimate of drug-likeness (QED) is 0.872. The normalized spacial score (nSPS) is 17.9. The first kappa shape index (κ1) is 17.6. The van der Waals surface area contributed by atoms with Gasteiger partial charge in [-0.2, -0.15) is 0 Å². The summed E-state index contributed by atoms with van der Waals surface area (Å²) in [5, 5.41) is 19.3. The molecular formula is C19H17NO6. The molecule has 0 fully saturated rings. The van der Waals surface area contributed by atoms with Gasteiger partial charge in [0.15, 0.2) is 11.5 Å². The third-order valence-corrected chi connectivity index (χ3v) is 3.70. The van der Waals surface area contributed by atoms with E-state index >= 15 is 0 Å². The Morgan fingerprint density at radius 3 is 2.62 bits per heavy atom. The molecule has 1 aliphatic rings. The summed E-state index contributed by atoms with van der Waals surface area (Å²) in [7, 11) is 0. The Bertz CT molecular complexity index is 903. The van der Waals surface area contributed by atoms with Crippen LogP contribution in [0.15, 0.2) is 47.5 Å². The number of carbonyl (C=O) groups excluding carboxylic acids is 1. The van der Waals surface area contributed by atoms with Gasteiger partial charge in [0.2, 0.25) is 12.1 Å². The van der Waals surface area contributed by atoms with E-state index in [1.54, 1.807) is 38.1 Å². The first-order chi connectivity index (χ1) is 12.4. The van der Waals surface area contributed by atoms with E-state index < -0.39 is 23.8 Å². The molecule has 7 heteroatoms. The van der Waals surface area contributed by atoms with Crippen LogP contribution in [0.5, 0.6) is 11.5 Å². The highest BCUT2D eigenvalue weighted by Gasteiger charge is 2.35. The largest absolute Gasteiger partial charge is 0.505 e. The number of fused-ring (bicyclic) bond motifs is 1. The Hall–Kier alpha value is -3.19. The molecule has 0 aromatic heterocycles. The van der Waals surface area contributed by atoms with Crippen molar-refractivity contribution in [2.75, 3.05) is 0 Å². The van der Waals surface area contributed by atoms with E-state index in [-0.39, 0.29) is 23.1 Å². The van der Waals surface area contributed by atoms with E-state index in [1.807, 2.05) is 0 Å². The zero-order chi connectivity index (χ0) is 18.8. The van der Waals surface area contributed by atoms with Crippen molar-refractivity contribution in [3.05, 3.63) is 53.6 Å². The lowest BCUT2D eigenvalue weighted by molar-refractivity contribution is -0.0648. The SMILES string of the molecule is CC(C)OC1Oc2ccccc2C(=O)C1=Nc1cccc(C(=O)O)c1O. The second kappa shape index (κ2) is 6.97. The smallest absolute Gasteiger partial charge is 0.339 e. The molecule has 0 radical (unpaired) electrons. The highest BCUT2D eigenvalue weighted by Crippen LogP contribution is 2.33. The van der Waals surface area contributed by atoms with E-state index in [2.05, 4.69) is 4.99 Å². The molecule has 0 amide bonds. The van der Waals surface area contributed by atoms with Crippen LogP contribution in [0, 0.1) is 0 Å². The van der Waals surface area contributed by atoms with Crippen molar-refractivity contribution in [2.24, 2.45) is 4.99 Å². The average molecular weight is 355 g/mol. The van der Waals surface area contributed by atoms with Crippen molar-refractivity contribution in [2.45, 2.75) is 26.2 Å². The molecule has 2 aromatic rings. The zero-order valence-corrected chi connectivity index (χ0v) is 14.2. The summed E-state index contributed by atoms with van der Waals surface area (Å²) in [6.07, 6.45) is -1.31. The van der Waals surface area contributed by atoms with Gasteiger partial charge in [-0.15, -0.1) is 0 Å². The number of para-hydroxylation sites is 2. The van der Waals surface area contributed by atoms with Gasteiger partial charge in [-0.3, -0.25) is 4.79 Å². The number of aromatic hydroxyl groups is 1. The number of ether oxygens (including phenoxy) is 2. The molecule has 134 valence electrons. The van der Waals surface area contributed by atoms with E-state index in [1.165, 1.54) is 18.2 Å². The Balaban J connectivity index is 2.11. The van der Waals surface area contributed by atoms with Gasteiger partial charge in [-0.25, -0.2) is 9.79 Å². The fourth-order valence-corrected chi connectivity index (χ4v) is 2.54. The Morgan fingerprint density at radius 2 is 1.92 bits per heavy atom. The van der Waals surface area contributed by atoms with Gasteiger partial charge in [0.05, 0.1) is 11.7 Å². The number of rotatable bonds is 4. The van der Waals surface area contributed by atoms with Crippen LogP contribution in [-0.2, 0) is 4.74 Å². The number of carboxylic acids is 1. The van der Waals surface area contributed by atoms with Crippen molar-refractivity contribution in [3.63, 3.8) is 0 Å². The molecule has 1 aliphatic heterocycles. The van der Waals surface area contributed by atoms with Crippen LogP contribution < -0.4 is 4.74 Å². The number of carboxylic acid groups (broad SMARTS) is 1. The average Bonchev–Trinajstić information content (AvgIpc) is 2.59. The van der Waals surface area contributed by atoms with E-state index in [9.17, 15) is 14.7 Å². The van der Waals surface area contributed by atoms with Crippen LogP contribution in [0.3, 0.4) is 0 Å². The third kappa shape index (κ3) is 3.29. The fraction of sp³-hybridized carbons (Fsp3) is 0.211. The van der Waals surface area contributed by atoms with Crippen molar-refractivity contribution in [1.82, 2.24) is 0 Å².